The van der Waals surface area contributed by atoms with E-state index >= 15 is 0 Å². The van der Waals surface area contributed by atoms with Crippen molar-refractivity contribution in [2.45, 2.75) is 25.4 Å². The summed E-state index contributed by atoms with van der Waals surface area (Å²) in [6.45, 7) is 0. The summed E-state index contributed by atoms with van der Waals surface area (Å²) in [5.74, 6) is 0.283. The van der Waals surface area contributed by atoms with Crippen LogP contribution in [0.4, 0.5) is 5.82 Å². The average Bonchev–Trinajstić information content (AvgIpc) is 3.02. The highest BCUT2D eigenvalue weighted by Crippen LogP contribution is 2.37. The van der Waals surface area contributed by atoms with E-state index in [0.29, 0.717) is 24.0 Å². The van der Waals surface area contributed by atoms with Crippen molar-refractivity contribution in [2.24, 2.45) is 0 Å². The number of nitrogen functional groups attached to an aromatic ring is 1. The molecular formula is C10H14N5O5P. The molecule has 0 aromatic carbocycles. The van der Waals surface area contributed by atoms with Gasteiger partial charge in [-0.05, 0) is 6.42 Å². The van der Waals surface area contributed by atoms with Gasteiger partial charge in [0.25, 0.3) is 0 Å². The van der Waals surface area contributed by atoms with Crippen LogP contribution in [0.1, 0.15) is 19.1 Å². The second-order valence-corrected chi connectivity index (χ2v) is 6.23. The Morgan fingerprint density at radius 3 is 3.00 bits per heavy atom. The summed E-state index contributed by atoms with van der Waals surface area (Å²) in [6.07, 6.45) is 2.32. The van der Waals surface area contributed by atoms with Crippen LogP contribution in [0.5, 0.6) is 0 Å². The van der Waals surface area contributed by atoms with Gasteiger partial charge in [0.05, 0.1) is 6.33 Å². The van der Waals surface area contributed by atoms with Crippen molar-refractivity contribution in [3.63, 3.8) is 0 Å². The van der Waals surface area contributed by atoms with Crippen LogP contribution < -0.4 is 5.73 Å². The van der Waals surface area contributed by atoms with Gasteiger partial charge in [0.2, 0.25) is 0 Å². The van der Waals surface area contributed by atoms with Crippen LogP contribution in [0.25, 0.3) is 11.2 Å². The van der Waals surface area contributed by atoms with Crippen molar-refractivity contribution in [3.8, 4) is 0 Å². The molecule has 2 aromatic heterocycles. The molecule has 2 aromatic rings. The summed E-state index contributed by atoms with van der Waals surface area (Å²) < 4.78 is 23.1. The van der Waals surface area contributed by atoms with Crippen molar-refractivity contribution in [3.05, 3.63) is 12.7 Å². The summed E-state index contributed by atoms with van der Waals surface area (Å²) in [4.78, 5) is 29.7. The molecule has 10 nitrogen and oxygen atoms in total. The molecule has 0 radical (unpaired) electrons. The molecule has 1 fully saturated rings. The lowest BCUT2D eigenvalue weighted by Crippen LogP contribution is -2.15. The van der Waals surface area contributed by atoms with Gasteiger partial charge in [0, 0.05) is 6.42 Å². The molecule has 4 N–H and O–H groups in total. The number of nitrogens with zero attached hydrogens (tertiary/aromatic N) is 4. The van der Waals surface area contributed by atoms with Crippen molar-refractivity contribution in [2.75, 3.05) is 12.1 Å². The van der Waals surface area contributed by atoms with Gasteiger partial charge in [-0.25, -0.2) is 15.0 Å². The lowest BCUT2D eigenvalue weighted by molar-refractivity contribution is -0.140. The Bertz CT molecular complexity index is 700. The maximum absolute atomic E-state index is 10.8. The summed E-state index contributed by atoms with van der Waals surface area (Å²) in [5.41, 5.74) is 6.74. The molecule has 0 unspecified atom stereocenters. The largest absolute Gasteiger partial charge is 0.382 e. The third-order valence-corrected chi connectivity index (χ3v) is 3.57. The fraction of sp³-hybridized carbons (Fsp3) is 0.500. The Balaban J connectivity index is 1.73. The van der Waals surface area contributed by atoms with Crippen molar-refractivity contribution in [1.82, 2.24) is 19.5 Å². The highest BCUT2D eigenvalue weighted by molar-refractivity contribution is 7.51. The molecule has 1 aliphatic rings. The Kier molecular flexibility index (Phi) is 3.64. The minimum absolute atomic E-state index is 0.283. The number of hydrogen-bond donors (Lipinski definition) is 3. The van der Waals surface area contributed by atoms with E-state index in [1.165, 1.54) is 6.33 Å². The zero-order valence-corrected chi connectivity index (χ0v) is 11.8. The van der Waals surface area contributed by atoms with E-state index in [1.54, 1.807) is 10.9 Å². The van der Waals surface area contributed by atoms with Gasteiger partial charge in [-0.3, -0.25) is 9.13 Å². The molecule has 11 heteroatoms. The second kappa shape index (κ2) is 5.32. The van der Waals surface area contributed by atoms with Gasteiger partial charge >= 0.3 is 7.60 Å². The number of ether oxygens (including phenoxy) is 2. The molecule has 0 amide bonds. The molecule has 3 rings (SSSR count). The summed E-state index contributed by atoms with van der Waals surface area (Å²) in [5, 5.41) is 0. The molecule has 21 heavy (non-hydrogen) atoms. The molecule has 3 heterocycles. The molecular weight excluding hydrogens is 301 g/mol. The zero-order valence-electron chi connectivity index (χ0n) is 10.9. The predicted octanol–water partition coefficient (Wildman–Crippen LogP) is 0.195. The lowest BCUT2D eigenvalue weighted by atomic mass is 10.3. The van der Waals surface area contributed by atoms with Crippen LogP contribution in [-0.2, 0) is 14.0 Å². The fourth-order valence-electron chi connectivity index (χ4n) is 2.18. The normalized spacial score (nSPS) is 23.0. The first-order chi connectivity index (χ1) is 9.94. The molecule has 1 aliphatic heterocycles. The second-order valence-electron chi connectivity index (χ2n) is 4.64. The number of imidazole rings is 1. The van der Waals surface area contributed by atoms with E-state index in [9.17, 15) is 4.57 Å². The first-order valence-electron chi connectivity index (χ1n) is 6.19. The lowest BCUT2D eigenvalue weighted by Gasteiger charge is -2.15. The van der Waals surface area contributed by atoms with Crippen LogP contribution in [0.3, 0.4) is 0 Å². The summed E-state index contributed by atoms with van der Waals surface area (Å²) >= 11 is 0. The topological polar surface area (TPSA) is 146 Å². The maximum Gasteiger partial charge on any atom is 0.351 e. The third kappa shape index (κ3) is 3.04. The molecule has 0 saturated carbocycles. The predicted molar refractivity (Wildman–Crippen MR) is 70.9 cm³/mol. The zero-order chi connectivity index (χ0) is 15.0. The van der Waals surface area contributed by atoms with Crippen LogP contribution in [0, 0.1) is 0 Å². The van der Waals surface area contributed by atoms with E-state index in [2.05, 4.69) is 15.0 Å². The van der Waals surface area contributed by atoms with Gasteiger partial charge < -0.3 is 25.0 Å². The van der Waals surface area contributed by atoms with E-state index in [-0.39, 0.29) is 12.0 Å². The summed E-state index contributed by atoms with van der Waals surface area (Å²) in [6, 6.07) is 0. The van der Waals surface area contributed by atoms with Gasteiger partial charge in [-0.2, -0.15) is 0 Å². The smallest absolute Gasteiger partial charge is 0.351 e. The standard InChI is InChI=1S/C10H14N5O5P/c11-9-8-10(13-3-12-9)15(4-14-8)6-1-2-7(20-6)19-5-21(16,17)18/h3-4,6-7H,1-2,5H2,(H2,11,12,13)(H2,16,17,18)/t6-,7+/m1/s1. The van der Waals surface area contributed by atoms with Crippen molar-refractivity contribution >= 4 is 24.6 Å². The van der Waals surface area contributed by atoms with Crippen LogP contribution in [-0.4, -0.2) is 41.9 Å². The molecule has 0 aliphatic carbocycles. The molecule has 1 saturated heterocycles. The van der Waals surface area contributed by atoms with Crippen LogP contribution in [0.2, 0.25) is 0 Å². The van der Waals surface area contributed by atoms with Crippen molar-refractivity contribution < 1.29 is 23.8 Å². The molecule has 2 atom stereocenters. The molecule has 0 spiro atoms. The number of fused-ring (bicyclic) bond motifs is 1. The number of rotatable bonds is 4. The van der Waals surface area contributed by atoms with Gasteiger partial charge in [0.15, 0.2) is 24.1 Å². The number of hydrogen-bond acceptors (Lipinski definition) is 7. The van der Waals surface area contributed by atoms with E-state index in [1.807, 2.05) is 0 Å². The monoisotopic (exact) mass is 315 g/mol. The van der Waals surface area contributed by atoms with Crippen LogP contribution >= 0.6 is 7.60 Å². The molecule has 114 valence electrons. The van der Waals surface area contributed by atoms with Gasteiger partial charge in [0.1, 0.15) is 18.1 Å². The highest BCUT2D eigenvalue weighted by Gasteiger charge is 2.30. The minimum atomic E-state index is -4.20. The highest BCUT2D eigenvalue weighted by atomic mass is 31.2. The Morgan fingerprint density at radius 1 is 1.43 bits per heavy atom. The minimum Gasteiger partial charge on any atom is -0.382 e. The quantitative estimate of drug-likeness (QED) is 0.673. The first-order valence-corrected chi connectivity index (χ1v) is 7.98. The first kappa shape index (κ1) is 14.4. The van der Waals surface area contributed by atoms with Crippen LogP contribution in [0.15, 0.2) is 12.7 Å². The fourth-order valence-corrected chi connectivity index (χ4v) is 2.54. The van der Waals surface area contributed by atoms with Gasteiger partial charge in [-0.15, -0.1) is 0 Å². The maximum atomic E-state index is 10.8. The van der Waals surface area contributed by atoms with Crippen molar-refractivity contribution in [1.29, 1.82) is 0 Å². The number of anilines is 1. The van der Waals surface area contributed by atoms with E-state index < -0.39 is 20.2 Å². The number of aromatic nitrogens is 4. The molecule has 0 bridgehead atoms. The Hall–Kier alpha value is -1.58. The Labute approximate surface area is 119 Å². The average molecular weight is 315 g/mol. The van der Waals surface area contributed by atoms with E-state index in [4.69, 9.17) is 25.0 Å². The number of nitrogens with two attached hydrogens (primary N) is 1. The van der Waals surface area contributed by atoms with Gasteiger partial charge in [-0.1, -0.05) is 0 Å². The van der Waals surface area contributed by atoms with E-state index in [0.717, 1.165) is 0 Å². The summed E-state index contributed by atoms with van der Waals surface area (Å²) in [7, 11) is -4.20. The SMILES string of the molecule is Nc1ncnc2c1ncn2[C@H]1CC[C@@H](OCP(=O)(O)O)O1. The Morgan fingerprint density at radius 2 is 2.24 bits per heavy atom. The third-order valence-electron chi connectivity index (χ3n) is 3.08.